The van der Waals surface area contributed by atoms with Gasteiger partial charge in [-0.05, 0) is 18.2 Å². The smallest absolute Gasteiger partial charge is 0.251 e. The molecule has 94 valence electrons. The molecule has 0 fully saturated rings. The zero-order valence-electron chi connectivity index (χ0n) is 10.00. The number of hydrogen-bond acceptors (Lipinski definition) is 2. The Morgan fingerprint density at radius 1 is 1.11 bits per heavy atom. The van der Waals surface area contributed by atoms with Gasteiger partial charge in [0.1, 0.15) is 5.82 Å². The summed E-state index contributed by atoms with van der Waals surface area (Å²) in [7, 11) is 0. The minimum Gasteiger partial charge on any atom is -0.310 e. The van der Waals surface area contributed by atoms with Gasteiger partial charge in [-0.15, -0.1) is 0 Å². The quantitative estimate of drug-likeness (QED) is 0.909. The van der Waals surface area contributed by atoms with Crippen LogP contribution in [0.25, 0.3) is 11.3 Å². The van der Waals surface area contributed by atoms with Gasteiger partial charge in [0.25, 0.3) is 5.56 Å². The summed E-state index contributed by atoms with van der Waals surface area (Å²) in [6, 6.07) is 6.55. The van der Waals surface area contributed by atoms with Crippen molar-refractivity contribution in [2.24, 2.45) is 0 Å². The van der Waals surface area contributed by atoms with Crippen LogP contribution in [0.5, 0.6) is 0 Å². The number of benzene rings is 1. The van der Waals surface area contributed by atoms with Crippen molar-refractivity contribution in [3.63, 3.8) is 0 Å². The maximum Gasteiger partial charge on any atom is 0.251 e. The molecule has 0 saturated carbocycles. The van der Waals surface area contributed by atoms with E-state index >= 15 is 0 Å². The first-order valence-corrected chi connectivity index (χ1v) is 6.29. The van der Waals surface area contributed by atoms with Crippen LogP contribution in [0.1, 0.15) is 25.6 Å². The first-order valence-electron chi connectivity index (χ1n) is 5.53. The molecule has 2 aromatic rings. The number of nitrogens with zero attached hydrogens (tertiary/aromatic N) is 1. The summed E-state index contributed by atoms with van der Waals surface area (Å²) < 4.78 is 0. The average molecular weight is 283 g/mol. The van der Waals surface area contributed by atoms with Crippen LogP contribution in [-0.2, 0) is 0 Å². The van der Waals surface area contributed by atoms with Crippen LogP contribution in [0.2, 0.25) is 10.0 Å². The van der Waals surface area contributed by atoms with Crippen LogP contribution < -0.4 is 5.56 Å². The molecule has 0 bridgehead atoms. The van der Waals surface area contributed by atoms with Gasteiger partial charge in [0.2, 0.25) is 0 Å². The Labute approximate surface area is 115 Å². The number of hydrogen-bond donors (Lipinski definition) is 1. The monoisotopic (exact) mass is 282 g/mol. The molecule has 1 N–H and O–H groups in total. The molecule has 0 aliphatic rings. The molecule has 3 nitrogen and oxygen atoms in total. The lowest BCUT2D eigenvalue weighted by molar-refractivity contribution is 0.768. The van der Waals surface area contributed by atoms with Gasteiger partial charge in [-0.1, -0.05) is 37.0 Å². The van der Waals surface area contributed by atoms with Crippen molar-refractivity contribution in [2.45, 2.75) is 19.8 Å². The zero-order chi connectivity index (χ0) is 13.3. The van der Waals surface area contributed by atoms with E-state index in [0.29, 0.717) is 21.6 Å². The third kappa shape index (κ3) is 2.92. The summed E-state index contributed by atoms with van der Waals surface area (Å²) in [6.45, 7) is 3.93. The maximum atomic E-state index is 11.6. The van der Waals surface area contributed by atoms with Crippen LogP contribution in [0.4, 0.5) is 0 Å². The second kappa shape index (κ2) is 5.12. The predicted octanol–water partition coefficient (Wildman–Crippen LogP) is 3.87. The van der Waals surface area contributed by atoms with E-state index in [2.05, 4.69) is 9.97 Å². The molecule has 18 heavy (non-hydrogen) atoms. The minimum atomic E-state index is -0.181. The molecule has 0 atom stereocenters. The summed E-state index contributed by atoms with van der Waals surface area (Å²) in [4.78, 5) is 18.7. The predicted molar refractivity (Wildman–Crippen MR) is 74.4 cm³/mol. The molecular weight excluding hydrogens is 271 g/mol. The molecule has 0 amide bonds. The van der Waals surface area contributed by atoms with Gasteiger partial charge in [-0.2, -0.15) is 0 Å². The molecule has 0 spiro atoms. The van der Waals surface area contributed by atoms with Crippen LogP contribution in [0, 0.1) is 0 Å². The second-order valence-corrected chi connectivity index (χ2v) is 5.20. The zero-order valence-corrected chi connectivity index (χ0v) is 11.5. The van der Waals surface area contributed by atoms with Crippen LogP contribution in [0.3, 0.4) is 0 Å². The van der Waals surface area contributed by atoms with E-state index < -0.39 is 0 Å². The van der Waals surface area contributed by atoms with E-state index in [0.717, 1.165) is 5.56 Å². The van der Waals surface area contributed by atoms with Crippen molar-refractivity contribution in [1.82, 2.24) is 9.97 Å². The number of aromatic nitrogens is 2. The van der Waals surface area contributed by atoms with Crippen molar-refractivity contribution in [1.29, 1.82) is 0 Å². The van der Waals surface area contributed by atoms with Crippen LogP contribution in [0.15, 0.2) is 29.1 Å². The highest BCUT2D eigenvalue weighted by molar-refractivity contribution is 6.35. The van der Waals surface area contributed by atoms with Gasteiger partial charge in [0, 0.05) is 27.6 Å². The average Bonchev–Trinajstić information content (AvgIpc) is 2.26. The summed E-state index contributed by atoms with van der Waals surface area (Å²) in [5.41, 5.74) is 1.13. The Morgan fingerprint density at radius 2 is 1.72 bits per heavy atom. The SMILES string of the molecule is CC(C)c1nc(-c2cc(Cl)cc(Cl)c2)cc(=O)[nH]1. The van der Waals surface area contributed by atoms with Gasteiger partial charge in [0.15, 0.2) is 0 Å². The standard InChI is InChI=1S/C13H12Cl2N2O/c1-7(2)13-16-11(6-12(18)17-13)8-3-9(14)5-10(15)4-8/h3-7H,1-2H3,(H,16,17,18). The summed E-state index contributed by atoms with van der Waals surface area (Å²) in [5.74, 6) is 0.793. The van der Waals surface area contributed by atoms with E-state index in [9.17, 15) is 4.79 Å². The minimum absolute atomic E-state index is 0.146. The van der Waals surface area contributed by atoms with E-state index in [1.165, 1.54) is 6.07 Å². The van der Waals surface area contributed by atoms with E-state index in [4.69, 9.17) is 23.2 Å². The lowest BCUT2D eigenvalue weighted by Crippen LogP contribution is -2.12. The highest BCUT2D eigenvalue weighted by Crippen LogP contribution is 2.25. The third-order valence-corrected chi connectivity index (χ3v) is 2.90. The fourth-order valence-corrected chi connectivity index (χ4v) is 2.13. The van der Waals surface area contributed by atoms with E-state index in [1.54, 1.807) is 18.2 Å². The maximum absolute atomic E-state index is 11.6. The van der Waals surface area contributed by atoms with Crippen molar-refractivity contribution < 1.29 is 0 Å². The number of aromatic amines is 1. The molecule has 0 unspecified atom stereocenters. The first kappa shape index (κ1) is 13.1. The van der Waals surface area contributed by atoms with Crippen molar-refractivity contribution >= 4 is 23.2 Å². The largest absolute Gasteiger partial charge is 0.310 e. The molecule has 0 radical (unpaired) electrons. The van der Waals surface area contributed by atoms with Gasteiger partial charge in [-0.3, -0.25) is 4.79 Å². The van der Waals surface area contributed by atoms with E-state index in [-0.39, 0.29) is 11.5 Å². The summed E-state index contributed by atoms with van der Waals surface area (Å²) in [5, 5.41) is 1.04. The Balaban J connectivity index is 2.60. The molecule has 1 aromatic carbocycles. The molecule has 0 aliphatic carbocycles. The number of nitrogens with one attached hydrogen (secondary N) is 1. The lowest BCUT2D eigenvalue weighted by Gasteiger charge is -2.07. The van der Waals surface area contributed by atoms with Crippen LogP contribution in [-0.4, -0.2) is 9.97 Å². The summed E-state index contributed by atoms with van der Waals surface area (Å²) in [6.07, 6.45) is 0. The highest BCUT2D eigenvalue weighted by Gasteiger charge is 2.08. The molecule has 5 heteroatoms. The Morgan fingerprint density at radius 3 is 2.28 bits per heavy atom. The van der Waals surface area contributed by atoms with Gasteiger partial charge in [-0.25, -0.2) is 4.98 Å². The van der Waals surface area contributed by atoms with Crippen molar-refractivity contribution in [2.75, 3.05) is 0 Å². The fraction of sp³-hybridized carbons (Fsp3) is 0.231. The highest BCUT2D eigenvalue weighted by atomic mass is 35.5. The lowest BCUT2D eigenvalue weighted by atomic mass is 10.1. The van der Waals surface area contributed by atoms with Gasteiger partial charge >= 0.3 is 0 Å². The normalized spacial score (nSPS) is 10.9. The fourth-order valence-electron chi connectivity index (χ4n) is 1.60. The molecule has 1 aromatic heterocycles. The first-order chi connectivity index (χ1) is 8.45. The van der Waals surface area contributed by atoms with Crippen molar-refractivity contribution in [3.05, 3.63) is 50.5 Å². The number of halogens is 2. The van der Waals surface area contributed by atoms with Crippen LogP contribution >= 0.6 is 23.2 Å². The van der Waals surface area contributed by atoms with Gasteiger partial charge < -0.3 is 4.98 Å². The Bertz CT molecular complexity index is 615. The Kier molecular flexibility index (Phi) is 3.73. The van der Waals surface area contributed by atoms with Crippen molar-refractivity contribution in [3.8, 4) is 11.3 Å². The molecular formula is C13H12Cl2N2O. The van der Waals surface area contributed by atoms with Gasteiger partial charge in [0.05, 0.1) is 5.69 Å². The molecule has 0 saturated heterocycles. The molecule has 2 rings (SSSR count). The number of rotatable bonds is 2. The molecule has 1 heterocycles. The molecule has 0 aliphatic heterocycles. The second-order valence-electron chi connectivity index (χ2n) is 4.33. The number of H-pyrrole nitrogens is 1. The summed E-state index contributed by atoms with van der Waals surface area (Å²) >= 11 is 11.9. The topological polar surface area (TPSA) is 45.8 Å². The van der Waals surface area contributed by atoms with E-state index in [1.807, 2.05) is 13.8 Å². The third-order valence-electron chi connectivity index (χ3n) is 2.47. The Hall–Kier alpha value is -1.32.